The first-order valence-corrected chi connectivity index (χ1v) is 7.04. The van der Waals surface area contributed by atoms with Gasteiger partial charge in [-0.1, -0.05) is 12.1 Å². The lowest BCUT2D eigenvalue weighted by atomic mass is 9.96. The quantitative estimate of drug-likeness (QED) is 0.854. The first kappa shape index (κ1) is 15.2. The van der Waals surface area contributed by atoms with Crippen LogP contribution in [0.1, 0.15) is 37.3 Å². The molecule has 0 spiro atoms. The summed E-state index contributed by atoms with van der Waals surface area (Å²) in [6.45, 7) is 3.66. The summed E-state index contributed by atoms with van der Waals surface area (Å²) in [4.78, 5) is 2.25. The molecule has 0 bridgehead atoms. The van der Waals surface area contributed by atoms with Gasteiger partial charge in [-0.3, -0.25) is 4.90 Å². The Bertz CT molecular complexity index is 457. The van der Waals surface area contributed by atoms with Crippen LogP contribution in [0.2, 0.25) is 0 Å². The molecule has 2 nitrogen and oxygen atoms in total. The first-order chi connectivity index (χ1) is 9.37. The first-order valence-electron chi connectivity index (χ1n) is 7.04. The highest BCUT2D eigenvalue weighted by molar-refractivity contribution is 5.51. The lowest BCUT2D eigenvalue weighted by molar-refractivity contribution is -0.136. The minimum Gasteiger partial charge on any atom is -0.398 e. The third-order valence-corrected chi connectivity index (χ3v) is 4.04. The largest absolute Gasteiger partial charge is 0.398 e. The summed E-state index contributed by atoms with van der Waals surface area (Å²) < 4.78 is 36.5. The Balaban J connectivity index is 1.89. The molecule has 20 heavy (non-hydrogen) atoms. The molecule has 0 aliphatic carbocycles. The average Bonchev–Trinajstić information content (AvgIpc) is 2.37. The molecule has 112 valence electrons. The number of nitrogen functional groups attached to an aromatic ring is 1. The number of anilines is 1. The van der Waals surface area contributed by atoms with E-state index in [-0.39, 0.29) is 12.5 Å². The van der Waals surface area contributed by atoms with E-state index in [2.05, 4.69) is 11.0 Å². The van der Waals surface area contributed by atoms with Crippen molar-refractivity contribution >= 4 is 5.69 Å². The van der Waals surface area contributed by atoms with Gasteiger partial charge in [0.25, 0.3) is 0 Å². The van der Waals surface area contributed by atoms with E-state index >= 15 is 0 Å². The molecule has 1 aliphatic rings. The van der Waals surface area contributed by atoms with Gasteiger partial charge < -0.3 is 5.73 Å². The highest BCUT2D eigenvalue weighted by atomic mass is 19.4. The second-order valence-corrected chi connectivity index (χ2v) is 5.56. The summed E-state index contributed by atoms with van der Waals surface area (Å²) in [5, 5.41) is 0. The van der Waals surface area contributed by atoms with Crippen LogP contribution < -0.4 is 5.73 Å². The van der Waals surface area contributed by atoms with Crippen LogP contribution in [0.3, 0.4) is 0 Å². The summed E-state index contributed by atoms with van der Waals surface area (Å²) in [6, 6.07) is 6.07. The molecular weight excluding hydrogens is 265 g/mol. The monoisotopic (exact) mass is 286 g/mol. The number of halogens is 3. The van der Waals surface area contributed by atoms with E-state index < -0.39 is 12.6 Å². The van der Waals surface area contributed by atoms with Gasteiger partial charge in [-0.2, -0.15) is 13.2 Å². The van der Waals surface area contributed by atoms with Gasteiger partial charge in [0.2, 0.25) is 0 Å². The van der Waals surface area contributed by atoms with Crippen molar-refractivity contribution in [3.63, 3.8) is 0 Å². The predicted octanol–water partition coefficient (Wildman–Crippen LogP) is 3.75. The molecule has 1 aromatic carbocycles. The summed E-state index contributed by atoms with van der Waals surface area (Å²) >= 11 is 0. The van der Waals surface area contributed by atoms with Crippen LogP contribution in [-0.2, 0) is 13.0 Å². The normalized spacial score (nSPS) is 17.8. The Labute approximate surface area is 117 Å². The van der Waals surface area contributed by atoms with Crippen molar-refractivity contribution in [2.75, 3.05) is 12.3 Å². The molecule has 2 rings (SSSR count). The SMILES string of the molecule is CC(CCCC(F)(F)F)N1CCc2c(N)cccc2C1. The lowest BCUT2D eigenvalue weighted by Gasteiger charge is -2.34. The lowest BCUT2D eigenvalue weighted by Crippen LogP contribution is -2.38. The topological polar surface area (TPSA) is 29.3 Å². The van der Waals surface area contributed by atoms with Crippen LogP contribution in [-0.4, -0.2) is 23.7 Å². The molecule has 1 aromatic rings. The Hall–Kier alpha value is -1.23. The number of benzene rings is 1. The zero-order chi connectivity index (χ0) is 14.8. The van der Waals surface area contributed by atoms with Gasteiger partial charge >= 0.3 is 6.18 Å². The molecular formula is C15H21F3N2. The molecule has 1 aliphatic heterocycles. The Morgan fingerprint density at radius 2 is 2.10 bits per heavy atom. The van der Waals surface area contributed by atoms with Crippen molar-refractivity contribution in [1.82, 2.24) is 4.90 Å². The zero-order valence-electron chi connectivity index (χ0n) is 11.7. The zero-order valence-corrected chi connectivity index (χ0v) is 11.7. The van der Waals surface area contributed by atoms with Gasteiger partial charge in [-0.25, -0.2) is 0 Å². The minimum absolute atomic E-state index is 0.173. The fourth-order valence-electron chi connectivity index (χ4n) is 2.82. The standard InChI is InChI=1S/C15H21F3N2/c1-11(4-3-8-15(16,17)18)20-9-7-13-12(10-20)5-2-6-14(13)19/h2,5-6,11H,3-4,7-10,19H2,1H3. The molecule has 1 heterocycles. The van der Waals surface area contributed by atoms with Crippen molar-refractivity contribution in [2.45, 2.75) is 51.4 Å². The number of nitrogens with zero attached hydrogens (tertiary/aromatic N) is 1. The smallest absolute Gasteiger partial charge is 0.389 e. The van der Waals surface area contributed by atoms with E-state index in [0.29, 0.717) is 6.42 Å². The molecule has 0 fully saturated rings. The van der Waals surface area contributed by atoms with Gasteiger partial charge in [0.05, 0.1) is 0 Å². The van der Waals surface area contributed by atoms with Crippen LogP contribution in [0.15, 0.2) is 18.2 Å². The Kier molecular flexibility index (Phi) is 4.58. The number of alkyl halides is 3. The van der Waals surface area contributed by atoms with Gasteiger partial charge in [0, 0.05) is 31.2 Å². The van der Waals surface area contributed by atoms with Gasteiger partial charge in [0.1, 0.15) is 0 Å². The molecule has 0 saturated carbocycles. The van der Waals surface area contributed by atoms with Crippen molar-refractivity contribution in [3.8, 4) is 0 Å². The van der Waals surface area contributed by atoms with Gasteiger partial charge in [-0.05, 0) is 43.4 Å². The maximum Gasteiger partial charge on any atom is 0.389 e. The maximum atomic E-state index is 12.2. The van der Waals surface area contributed by atoms with E-state index in [4.69, 9.17) is 5.73 Å². The van der Waals surface area contributed by atoms with E-state index in [9.17, 15) is 13.2 Å². The van der Waals surface area contributed by atoms with Gasteiger partial charge in [0.15, 0.2) is 0 Å². The van der Waals surface area contributed by atoms with E-state index in [1.54, 1.807) is 0 Å². The molecule has 1 unspecified atom stereocenters. The van der Waals surface area contributed by atoms with Crippen LogP contribution in [0.4, 0.5) is 18.9 Å². The molecule has 0 amide bonds. The van der Waals surface area contributed by atoms with Crippen LogP contribution in [0.5, 0.6) is 0 Å². The summed E-state index contributed by atoms with van der Waals surface area (Å²) in [5.74, 6) is 0. The fraction of sp³-hybridized carbons (Fsp3) is 0.600. The summed E-state index contributed by atoms with van der Waals surface area (Å²) in [7, 11) is 0. The van der Waals surface area contributed by atoms with Crippen LogP contribution in [0.25, 0.3) is 0 Å². The van der Waals surface area contributed by atoms with Gasteiger partial charge in [-0.15, -0.1) is 0 Å². The molecule has 1 atom stereocenters. The van der Waals surface area contributed by atoms with E-state index in [1.165, 1.54) is 11.1 Å². The number of fused-ring (bicyclic) bond motifs is 1. The van der Waals surface area contributed by atoms with Crippen LogP contribution >= 0.6 is 0 Å². The molecule has 0 saturated heterocycles. The van der Waals surface area contributed by atoms with Crippen molar-refractivity contribution < 1.29 is 13.2 Å². The number of hydrogen-bond acceptors (Lipinski definition) is 2. The average molecular weight is 286 g/mol. The molecule has 2 N–H and O–H groups in total. The van der Waals surface area contributed by atoms with E-state index in [0.717, 1.165) is 25.2 Å². The van der Waals surface area contributed by atoms with Crippen molar-refractivity contribution in [2.24, 2.45) is 0 Å². The summed E-state index contributed by atoms with van der Waals surface area (Å²) in [6.07, 6.45) is -3.06. The van der Waals surface area contributed by atoms with Crippen molar-refractivity contribution in [1.29, 1.82) is 0 Å². The predicted molar refractivity (Wildman–Crippen MR) is 74.3 cm³/mol. The third-order valence-electron chi connectivity index (χ3n) is 4.04. The van der Waals surface area contributed by atoms with Crippen molar-refractivity contribution in [3.05, 3.63) is 29.3 Å². The minimum atomic E-state index is -4.04. The summed E-state index contributed by atoms with van der Waals surface area (Å²) in [5.41, 5.74) is 9.18. The fourth-order valence-corrected chi connectivity index (χ4v) is 2.82. The van der Waals surface area contributed by atoms with E-state index in [1.807, 2.05) is 19.1 Å². The number of hydrogen-bond donors (Lipinski definition) is 1. The third kappa shape index (κ3) is 3.88. The molecule has 0 aromatic heterocycles. The van der Waals surface area contributed by atoms with Crippen LogP contribution in [0, 0.1) is 0 Å². The number of rotatable bonds is 4. The Morgan fingerprint density at radius 1 is 1.35 bits per heavy atom. The number of nitrogens with two attached hydrogens (primary N) is 1. The second-order valence-electron chi connectivity index (χ2n) is 5.56. The highest BCUT2D eigenvalue weighted by Crippen LogP contribution is 2.27. The molecule has 5 heteroatoms. The maximum absolute atomic E-state index is 12.2. The Morgan fingerprint density at radius 3 is 2.80 bits per heavy atom. The highest BCUT2D eigenvalue weighted by Gasteiger charge is 2.27. The second kappa shape index (κ2) is 6.04. The molecule has 0 radical (unpaired) electrons.